The molecule has 2 heterocycles. The molecule has 0 radical (unpaired) electrons. The van der Waals surface area contributed by atoms with Gasteiger partial charge in [-0.15, -0.1) is 0 Å². The first kappa shape index (κ1) is 12.8. The quantitative estimate of drug-likeness (QED) is 0.925. The average molecular weight is 300 g/mol. The normalized spacial score (nSPS) is 21.5. The van der Waals surface area contributed by atoms with Gasteiger partial charge in [0, 0.05) is 24.1 Å². The van der Waals surface area contributed by atoms with Crippen molar-refractivity contribution >= 4 is 21.7 Å². The van der Waals surface area contributed by atoms with Crippen LogP contribution in [0.1, 0.15) is 5.69 Å². The fourth-order valence-corrected chi connectivity index (χ4v) is 2.07. The Bertz CT molecular complexity index is 386. The Balaban J connectivity index is 1.86. The summed E-state index contributed by atoms with van der Waals surface area (Å²) in [5.41, 5.74) is 0.997. The fraction of sp³-hybridized carbons (Fsp3) is 0.583. The molecule has 1 atom stereocenters. The van der Waals surface area contributed by atoms with E-state index in [9.17, 15) is 0 Å². The molecule has 1 fully saturated rings. The van der Waals surface area contributed by atoms with E-state index in [0.717, 1.165) is 42.2 Å². The van der Waals surface area contributed by atoms with Crippen LogP contribution in [0.3, 0.4) is 0 Å². The van der Waals surface area contributed by atoms with Gasteiger partial charge in [0.1, 0.15) is 5.82 Å². The van der Waals surface area contributed by atoms with Crippen LogP contribution in [0.15, 0.2) is 16.6 Å². The number of morpholine rings is 1. The Morgan fingerprint density at radius 1 is 1.59 bits per heavy atom. The van der Waals surface area contributed by atoms with Crippen molar-refractivity contribution in [2.24, 2.45) is 0 Å². The largest absolute Gasteiger partial charge is 0.374 e. The molecule has 0 amide bonds. The van der Waals surface area contributed by atoms with E-state index >= 15 is 0 Å². The van der Waals surface area contributed by atoms with Crippen molar-refractivity contribution < 1.29 is 4.74 Å². The second kappa shape index (κ2) is 5.80. The van der Waals surface area contributed by atoms with E-state index < -0.39 is 0 Å². The molecule has 4 nitrogen and oxygen atoms in total. The van der Waals surface area contributed by atoms with Gasteiger partial charge >= 0.3 is 0 Å². The van der Waals surface area contributed by atoms with Gasteiger partial charge in [-0.3, -0.25) is 0 Å². The second-order valence-corrected chi connectivity index (χ2v) is 5.25. The molecule has 1 saturated heterocycles. The number of likely N-dealkylation sites (N-methyl/N-ethyl adjacent to an activating group) is 1. The zero-order chi connectivity index (χ0) is 12.3. The molecular formula is C12H18BrN3O. The lowest BCUT2D eigenvalue weighted by Gasteiger charge is -2.30. The topological polar surface area (TPSA) is 37.4 Å². The van der Waals surface area contributed by atoms with E-state index in [4.69, 9.17) is 4.74 Å². The summed E-state index contributed by atoms with van der Waals surface area (Å²) in [7, 11) is 2.12. The molecule has 0 aromatic carbocycles. The van der Waals surface area contributed by atoms with Crippen LogP contribution in [0.5, 0.6) is 0 Å². The molecule has 1 N–H and O–H groups in total. The van der Waals surface area contributed by atoms with Crippen LogP contribution in [-0.4, -0.2) is 49.3 Å². The Morgan fingerprint density at radius 3 is 3.12 bits per heavy atom. The fourth-order valence-electron chi connectivity index (χ4n) is 1.85. The molecule has 2 rings (SSSR count). The average Bonchev–Trinajstić information content (AvgIpc) is 2.31. The smallest absolute Gasteiger partial charge is 0.126 e. The molecule has 5 heteroatoms. The Kier molecular flexibility index (Phi) is 4.36. The summed E-state index contributed by atoms with van der Waals surface area (Å²) in [4.78, 5) is 6.74. The summed E-state index contributed by atoms with van der Waals surface area (Å²) in [6.45, 7) is 5.60. The van der Waals surface area contributed by atoms with Gasteiger partial charge in [0.05, 0.1) is 18.4 Å². The van der Waals surface area contributed by atoms with Crippen molar-refractivity contribution in [2.75, 3.05) is 38.6 Å². The third-order valence-corrected chi connectivity index (χ3v) is 3.71. The molecular weight excluding hydrogens is 282 g/mol. The second-order valence-electron chi connectivity index (χ2n) is 4.40. The number of nitrogens with one attached hydrogen (secondary N) is 1. The predicted molar refractivity (Wildman–Crippen MR) is 72.4 cm³/mol. The predicted octanol–water partition coefficient (Wildman–Crippen LogP) is 1.90. The molecule has 94 valence electrons. The summed E-state index contributed by atoms with van der Waals surface area (Å²) < 4.78 is 6.72. The first-order chi connectivity index (χ1) is 8.15. The summed E-state index contributed by atoms with van der Waals surface area (Å²) in [6, 6.07) is 3.99. The van der Waals surface area contributed by atoms with E-state index in [-0.39, 0.29) is 6.10 Å². The highest BCUT2D eigenvalue weighted by Crippen LogP contribution is 2.16. The van der Waals surface area contributed by atoms with Gasteiger partial charge in [0.15, 0.2) is 0 Å². The van der Waals surface area contributed by atoms with Gasteiger partial charge < -0.3 is 15.0 Å². The lowest BCUT2D eigenvalue weighted by atomic mass is 10.3. The number of aryl methyl sites for hydroxylation is 1. The van der Waals surface area contributed by atoms with Crippen LogP contribution >= 0.6 is 15.9 Å². The lowest BCUT2D eigenvalue weighted by molar-refractivity contribution is -0.0117. The molecule has 0 bridgehead atoms. The van der Waals surface area contributed by atoms with Crippen molar-refractivity contribution in [1.82, 2.24) is 9.88 Å². The lowest BCUT2D eigenvalue weighted by Crippen LogP contribution is -2.43. The van der Waals surface area contributed by atoms with Crippen molar-refractivity contribution in [1.29, 1.82) is 0 Å². The first-order valence-corrected chi connectivity index (χ1v) is 6.61. The SMILES string of the molecule is Cc1nc(NCC2CN(C)CCO2)ccc1Br. The highest BCUT2D eigenvalue weighted by Gasteiger charge is 2.17. The third-order valence-electron chi connectivity index (χ3n) is 2.87. The number of nitrogens with zero attached hydrogens (tertiary/aromatic N) is 2. The number of pyridine rings is 1. The van der Waals surface area contributed by atoms with Crippen molar-refractivity contribution in [3.63, 3.8) is 0 Å². The standard InChI is InChI=1S/C12H18BrN3O/c1-9-11(13)3-4-12(15-9)14-7-10-8-16(2)5-6-17-10/h3-4,10H,5-8H2,1-2H3,(H,14,15). The van der Waals surface area contributed by atoms with Crippen molar-refractivity contribution in [2.45, 2.75) is 13.0 Å². The van der Waals surface area contributed by atoms with Crippen molar-refractivity contribution in [3.8, 4) is 0 Å². The summed E-state index contributed by atoms with van der Waals surface area (Å²) in [5, 5.41) is 3.32. The minimum absolute atomic E-state index is 0.250. The summed E-state index contributed by atoms with van der Waals surface area (Å²) in [5.74, 6) is 0.905. The number of hydrogen-bond acceptors (Lipinski definition) is 4. The van der Waals surface area contributed by atoms with Gasteiger partial charge in [0.25, 0.3) is 0 Å². The van der Waals surface area contributed by atoms with Gasteiger partial charge in [-0.05, 0) is 42.0 Å². The summed E-state index contributed by atoms with van der Waals surface area (Å²) >= 11 is 3.44. The van der Waals surface area contributed by atoms with Crippen molar-refractivity contribution in [3.05, 3.63) is 22.3 Å². The Hall–Kier alpha value is -0.650. The molecule has 1 unspecified atom stereocenters. The minimum Gasteiger partial charge on any atom is -0.374 e. The van der Waals surface area contributed by atoms with E-state index in [1.54, 1.807) is 0 Å². The van der Waals surface area contributed by atoms with Crippen LogP contribution in [-0.2, 0) is 4.74 Å². The van der Waals surface area contributed by atoms with Gasteiger partial charge in [-0.25, -0.2) is 4.98 Å². The van der Waals surface area contributed by atoms with Gasteiger partial charge in [-0.2, -0.15) is 0 Å². The van der Waals surface area contributed by atoms with Crippen LogP contribution in [0, 0.1) is 6.92 Å². The maximum atomic E-state index is 5.68. The Morgan fingerprint density at radius 2 is 2.41 bits per heavy atom. The maximum Gasteiger partial charge on any atom is 0.126 e. The molecule has 0 spiro atoms. The van der Waals surface area contributed by atoms with Crippen LogP contribution < -0.4 is 5.32 Å². The van der Waals surface area contributed by atoms with Gasteiger partial charge in [-0.1, -0.05) is 0 Å². The Labute approximate surface area is 110 Å². The van der Waals surface area contributed by atoms with Gasteiger partial charge in [0.2, 0.25) is 0 Å². The molecule has 1 aromatic heterocycles. The number of aromatic nitrogens is 1. The molecule has 0 saturated carbocycles. The highest BCUT2D eigenvalue weighted by atomic mass is 79.9. The number of ether oxygens (including phenoxy) is 1. The number of hydrogen-bond donors (Lipinski definition) is 1. The third kappa shape index (κ3) is 3.66. The molecule has 17 heavy (non-hydrogen) atoms. The van der Waals surface area contributed by atoms with Crippen LogP contribution in [0.4, 0.5) is 5.82 Å². The number of rotatable bonds is 3. The number of anilines is 1. The monoisotopic (exact) mass is 299 g/mol. The molecule has 0 aliphatic carbocycles. The van der Waals surface area contributed by atoms with Crippen LogP contribution in [0.25, 0.3) is 0 Å². The van der Waals surface area contributed by atoms with Crippen LogP contribution in [0.2, 0.25) is 0 Å². The van der Waals surface area contributed by atoms with E-state index in [1.807, 2.05) is 19.1 Å². The number of halogens is 1. The van der Waals surface area contributed by atoms with E-state index in [0.29, 0.717) is 0 Å². The van der Waals surface area contributed by atoms with E-state index in [2.05, 4.69) is 38.2 Å². The van der Waals surface area contributed by atoms with E-state index in [1.165, 1.54) is 0 Å². The molecule has 1 aromatic rings. The zero-order valence-electron chi connectivity index (χ0n) is 10.2. The maximum absolute atomic E-state index is 5.68. The zero-order valence-corrected chi connectivity index (χ0v) is 11.8. The molecule has 1 aliphatic heterocycles. The summed E-state index contributed by atoms with van der Waals surface area (Å²) in [6.07, 6.45) is 0.250. The first-order valence-electron chi connectivity index (χ1n) is 5.82. The molecule has 1 aliphatic rings. The highest BCUT2D eigenvalue weighted by molar-refractivity contribution is 9.10. The minimum atomic E-state index is 0.250.